The Labute approximate surface area is 233 Å². The fourth-order valence-corrected chi connectivity index (χ4v) is 5.97. The van der Waals surface area contributed by atoms with Gasteiger partial charge in [-0.2, -0.15) is 0 Å². The topological polar surface area (TPSA) is 96.0 Å². The highest BCUT2D eigenvalue weighted by molar-refractivity contribution is 7.92. The Hall–Kier alpha value is -4.63. The van der Waals surface area contributed by atoms with E-state index in [2.05, 4.69) is 5.32 Å². The summed E-state index contributed by atoms with van der Waals surface area (Å²) in [4.78, 5) is 28.2. The van der Waals surface area contributed by atoms with Crippen molar-refractivity contribution in [2.45, 2.75) is 17.7 Å². The number of amides is 2. The number of carbonyl (C=O) groups is 2. The van der Waals surface area contributed by atoms with Crippen molar-refractivity contribution in [3.8, 4) is 11.5 Å². The number of carbonyl (C=O) groups excluding carboxylic acids is 2. The van der Waals surface area contributed by atoms with E-state index in [-0.39, 0.29) is 10.8 Å². The van der Waals surface area contributed by atoms with Gasteiger partial charge in [-0.1, -0.05) is 48.5 Å². The third kappa shape index (κ3) is 6.16. The lowest BCUT2D eigenvalue weighted by Gasteiger charge is -2.25. The molecule has 4 aromatic rings. The number of hydrogen-bond acceptors (Lipinski definition) is 5. The summed E-state index contributed by atoms with van der Waals surface area (Å²) in [7, 11) is -4.10. The zero-order valence-electron chi connectivity index (χ0n) is 21.8. The fourth-order valence-electron chi connectivity index (χ4n) is 4.53. The van der Waals surface area contributed by atoms with Gasteiger partial charge >= 0.3 is 0 Å². The minimum absolute atomic E-state index is 0.0528. The van der Waals surface area contributed by atoms with E-state index in [0.717, 1.165) is 17.1 Å². The van der Waals surface area contributed by atoms with Crippen molar-refractivity contribution in [2.75, 3.05) is 29.3 Å². The minimum atomic E-state index is -4.10. The number of rotatable bonds is 9. The van der Waals surface area contributed by atoms with Gasteiger partial charge in [0, 0.05) is 13.1 Å². The van der Waals surface area contributed by atoms with Gasteiger partial charge in [0.2, 0.25) is 5.91 Å². The molecule has 0 aromatic heterocycles. The molecule has 204 valence electrons. The zero-order valence-corrected chi connectivity index (χ0v) is 22.6. The van der Waals surface area contributed by atoms with Gasteiger partial charge in [-0.05, 0) is 73.5 Å². The number of likely N-dealkylation sites (tertiary alicyclic amines) is 1. The van der Waals surface area contributed by atoms with Crippen molar-refractivity contribution in [3.63, 3.8) is 0 Å². The minimum Gasteiger partial charge on any atom is -0.457 e. The summed E-state index contributed by atoms with van der Waals surface area (Å²) in [6.07, 6.45) is 1.89. The van der Waals surface area contributed by atoms with Crippen LogP contribution in [0.4, 0.5) is 11.4 Å². The van der Waals surface area contributed by atoms with E-state index in [9.17, 15) is 18.0 Å². The van der Waals surface area contributed by atoms with Gasteiger partial charge < -0.3 is 15.0 Å². The second-order valence-electron chi connectivity index (χ2n) is 9.33. The smallest absolute Gasteiger partial charge is 0.264 e. The first-order valence-electron chi connectivity index (χ1n) is 13.0. The number of hydrogen-bond donors (Lipinski definition) is 1. The Morgan fingerprint density at radius 2 is 1.32 bits per heavy atom. The average molecular weight is 556 g/mol. The standard InChI is InChI=1S/C31H29N3O5S/c35-30(32-29-16-8-7-15-28(29)31(36)33-21-9-10-22-33)23-34(40(37,38)27-13-5-2-6-14-27)24-17-19-26(20-18-24)39-25-11-3-1-4-12-25/h1-8,11-20H,9-10,21-23H2,(H,32,35). The Bertz CT molecular complexity index is 1570. The average Bonchev–Trinajstić information content (AvgIpc) is 3.53. The van der Waals surface area contributed by atoms with E-state index in [1.54, 1.807) is 71.6 Å². The van der Waals surface area contributed by atoms with Crippen molar-refractivity contribution in [1.82, 2.24) is 4.90 Å². The number of ether oxygens (including phenoxy) is 1. The van der Waals surface area contributed by atoms with Crippen LogP contribution in [0.2, 0.25) is 0 Å². The first-order valence-corrected chi connectivity index (χ1v) is 14.4. The molecule has 1 fully saturated rings. The molecular weight excluding hydrogens is 526 g/mol. The van der Waals surface area contributed by atoms with Gasteiger partial charge in [-0.15, -0.1) is 0 Å². The Morgan fingerprint density at radius 3 is 2.00 bits per heavy atom. The van der Waals surface area contributed by atoms with Crippen LogP contribution in [0.25, 0.3) is 0 Å². The zero-order chi connectivity index (χ0) is 28.0. The monoisotopic (exact) mass is 555 g/mol. The molecule has 2 amide bonds. The van der Waals surface area contributed by atoms with Crippen molar-refractivity contribution in [1.29, 1.82) is 0 Å². The van der Waals surface area contributed by atoms with E-state index in [1.165, 1.54) is 12.1 Å². The van der Waals surface area contributed by atoms with Crippen LogP contribution in [0.3, 0.4) is 0 Å². The molecule has 0 saturated carbocycles. The maximum Gasteiger partial charge on any atom is 0.264 e. The molecule has 8 nitrogen and oxygen atoms in total. The van der Waals surface area contributed by atoms with Crippen molar-refractivity contribution in [2.24, 2.45) is 0 Å². The number of benzene rings is 4. The van der Waals surface area contributed by atoms with Crippen LogP contribution in [0.15, 0.2) is 114 Å². The maximum atomic E-state index is 13.7. The number of para-hydroxylation sites is 2. The van der Waals surface area contributed by atoms with E-state index in [4.69, 9.17) is 4.74 Å². The van der Waals surface area contributed by atoms with Crippen LogP contribution < -0.4 is 14.4 Å². The van der Waals surface area contributed by atoms with Gasteiger partial charge in [0.25, 0.3) is 15.9 Å². The SMILES string of the molecule is O=C(CN(c1ccc(Oc2ccccc2)cc1)S(=O)(=O)c1ccccc1)Nc1ccccc1C(=O)N1CCCC1. The first-order chi connectivity index (χ1) is 19.4. The first kappa shape index (κ1) is 27.0. The van der Waals surface area contributed by atoms with Crippen molar-refractivity contribution >= 4 is 33.2 Å². The molecular formula is C31H29N3O5S. The van der Waals surface area contributed by atoms with Gasteiger partial charge in [0.15, 0.2) is 0 Å². The lowest BCUT2D eigenvalue weighted by atomic mass is 10.1. The summed E-state index contributed by atoms with van der Waals surface area (Å²) in [5, 5.41) is 2.77. The van der Waals surface area contributed by atoms with Crippen LogP contribution in [-0.2, 0) is 14.8 Å². The normalized spacial score (nSPS) is 13.1. The Kier molecular flexibility index (Phi) is 8.12. The van der Waals surface area contributed by atoms with E-state index in [1.807, 2.05) is 30.3 Å². The summed E-state index contributed by atoms with van der Waals surface area (Å²) in [6, 6.07) is 30.4. The lowest BCUT2D eigenvalue weighted by molar-refractivity contribution is -0.114. The molecule has 0 spiro atoms. The third-order valence-corrected chi connectivity index (χ3v) is 8.33. The van der Waals surface area contributed by atoms with Gasteiger partial charge in [0.1, 0.15) is 18.0 Å². The molecule has 1 saturated heterocycles. The second-order valence-corrected chi connectivity index (χ2v) is 11.2. The fraction of sp³-hybridized carbons (Fsp3) is 0.161. The molecule has 1 heterocycles. The summed E-state index contributed by atoms with van der Waals surface area (Å²) >= 11 is 0. The van der Waals surface area contributed by atoms with Gasteiger partial charge in [-0.3, -0.25) is 13.9 Å². The highest BCUT2D eigenvalue weighted by Crippen LogP contribution is 2.28. The molecule has 0 aliphatic carbocycles. The molecule has 1 aliphatic heterocycles. The number of nitrogens with zero attached hydrogens (tertiary/aromatic N) is 2. The van der Waals surface area contributed by atoms with Crippen LogP contribution in [0.5, 0.6) is 11.5 Å². The van der Waals surface area contributed by atoms with Gasteiger partial charge in [0.05, 0.1) is 21.8 Å². The van der Waals surface area contributed by atoms with Crippen LogP contribution >= 0.6 is 0 Å². The van der Waals surface area contributed by atoms with Crippen LogP contribution in [0.1, 0.15) is 23.2 Å². The molecule has 40 heavy (non-hydrogen) atoms. The molecule has 0 atom stereocenters. The number of sulfonamides is 1. The molecule has 0 unspecified atom stereocenters. The largest absolute Gasteiger partial charge is 0.457 e. The molecule has 1 aliphatic rings. The number of nitrogens with one attached hydrogen (secondary N) is 1. The second kappa shape index (κ2) is 12.0. The molecule has 0 radical (unpaired) electrons. The predicted molar refractivity (Wildman–Crippen MR) is 154 cm³/mol. The third-order valence-electron chi connectivity index (χ3n) is 6.55. The quantitative estimate of drug-likeness (QED) is 0.292. The molecule has 9 heteroatoms. The lowest BCUT2D eigenvalue weighted by Crippen LogP contribution is -2.38. The Morgan fingerprint density at radius 1 is 0.750 bits per heavy atom. The Balaban J connectivity index is 1.40. The van der Waals surface area contributed by atoms with Gasteiger partial charge in [-0.25, -0.2) is 8.42 Å². The molecule has 5 rings (SSSR count). The van der Waals surface area contributed by atoms with Crippen molar-refractivity contribution in [3.05, 3.63) is 115 Å². The summed E-state index contributed by atoms with van der Waals surface area (Å²) in [5.74, 6) is 0.429. The van der Waals surface area contributed by atoms with Crippen LogP contribution in [0, 0.1) is 0 Å². The molecule has 0 bridgehead atoms. The molecule has 1 N–H and O–H groups in total. The predicted octanol–water partition coefficient (Wildman–Crippen LogP) is 5.55. The van der Waals surface area contributed by atoms with E-state index in [0.29, 0.717) is 41.5 Å². The van der Waals surface area contributed by atoms with Crippen LogP contribution in [-0.4, -0.2) is 44.8 Å². The van der Waals surface area contributed by atoms with E-state index >= 15 is 0 Å². The summed E-state index contributed by atoms with van der Waals surface area (Å²) in [6.45, 7) is 0.852. The maximum absolute atomic E-state index is 13.7. The van der Waals surface area contributed by atoms with E-state index < -0.39 is 22.5 Å². The summed E-state index contributed by atoms with van der Waals surface area (Å²) in [5.41, 5.74) is 1.01. The highest BCUT2D eigenvalue weighted by Gasteiger charge is 2.28. The number of anilines is 2. The highest BCUT2D eigenvalue weighted by atomic mass is 32.2. The molecule has 4 aromatic carbocycles. The van der Waals surface area contributed by atoms with Crippen molar-refractivity contribution < 1.29 is 22.7 Å². The summed E-state index contributed by atoms with van der Waals surface area (Å²) < 4.78 is 34.3.